The average molecular weight is 338 g/mol. The lowest BCUT2D eigenvalue weighted by atomic mass is 10.2. The zero-order valence-electron chi connectivity index (χ0n) is 13.5. The maximum absolute atomic E-state index is 13.7. The first kappa shape index (κ1) is 16.5. The lowest BCUT2D eigenvalue weighted by molar-refractivity contribution is 0.207. The fourth-order valence-electron chi connectivity index (χ4n) is 2.25. The van der Waals surface area contributed by atoms with Crippen LogP contribution in [0.15, 0.2) is 48.7 Å². The van der Waals surface area contributed by atoms with Crippen molar-refractivity contribution in [2.45, 2.75) is 0 Å². The number of aryl methyl sites for hydroxylation is 1. The zero-order valence-corrected chi connectivity index (χ0v) is 13.5. The highest BCUT2D eigenvalue weighted by molar-refractivity contribution is 5.54. The second kappa shape index (κ2) is 7.45. The highest BCUT2D eigenvalue weighted by Gasteiger charge is 2.07. The molecule has 2 aromatic heterocycles. The molecule has 25 heavy (non-hydrogen) atoms. The summed E-state index contributed by atoms with van der Waals surface area (Å²) in [5.74, 6) is -0.0443. The summed E-state index contributed by atoms with van der Waals surface area (Å²) in [5, 5.41) is 12.8. The minimum absolute atomic E-state index is 0.0826. The molecular weight excluding hydrogens is 323 g/mol. The third-order valence-electron chi connectivity index (χ3n) is 3.46. The molecule has 7 heteroatoms. The minimum atomic E-state index is -0.574. The normalized spacial score (nSPS) is 10.3. The monoisotopic (exact) mass is 338 g/mol. The minimum Gasteiger partial charge on any atom is -0.487 e. The molecule has 0 aliphatic heterocycles. The van der Waals surface area contributed by atoms with Crippen molar-refractivity contribution in [3.63, 3.8) is 0 Å². The number of aromatic nitrogens is 3. The molecule has 0 unspecified atom stereocenters. The first-order chi connectivity index (χ1) is 12.2. The first-order valence-electron chi connectivity index (χ1n) is 7.58. The molecule has 0 saturated heterocycles. The van der Waals surface area contributed by atoms with E-state index in [9.17, 15) is 4.39 Å². The maximum Gasteiger partial charge on any atom is 0.213 e. The second-order valence-electron chi connectivity index (χ2n) is 5.16. The number of rotatable bonds is 6. The third kappa shape index (κ3) is 3.93. The molecule has 3 rings (SSSR count). The van der Waals surface area contributed by atoms with Gasteiger partial charge in [0.1, 0.15) is 13.2 Å². The Bertz CT molecular complexity index is 917. The predicted molar refractivity (Wildman–Crippen MR) is 88.5 cm³/mol. The van der Waals surface area contributed by atoms with Crippen LogP contribution in [0.4, 0.5) is 4.39 Å². The molecular formula is C18H15FN4O2. The molecule has 1 aromatic carbocycles. The molecule has 0 amide bonds. The molecule has 6 nitrogen and oxygen atoms in total. The van der Waals surface area contributed by atoms with Crippen LogP contribution in [0.5, 0.6) is 11.6 Å². The fourth-order valence-corrected chi connectivity index (χ4v) is 2.25. The highest BCUT2D eigenvalue weighted by Crippen LogP contribution is 2.19. The lowest BCUT2D eigenvalue weighted by Crippen LogP contribution is -2.10. The summed E-state index contributed by atoms with van der Waals surface area (Å²) >= 11 is 0. The Kier molecular flexibility index (Phi) is 4.90. The number of hydrogen-bond donors (Lipinski definition) is 0. The molecule has 2 heterocycles. The largest absolute Gasteiger partial charge is 0.487 e. The van der Waals surface area contributed by atoms with Crippen LogP contribution >= 0.6 is 0 Å². The number of pyridine rings is 1. The van der Waals surface area contributed by atoms with Gasteiger partial charge in [0.05, 0.1) is 23.0 Å². The summed E-state index contributed by atoms with van der Waals surface area (Å²) < 4.78 is 26.3. The van der Waals surface area contributed by atoms with Crippen LogP contribution in [-0.4, -0.2) is 28.0 Å². The molecule has 0 N–H and O–H groups in total. The van der Waals surface area contributed by atoms with Gasteiger partial charge in [0.25, 0.3) is 0 Å². The topological polar surface area (TPSA) is 73.0 Å². The maximum atomic E-state index is 13.7. The van der Waals surface area contributed by atoms with Crippen molar-refractivity contribution < 1.29 is 13.9 Å². The number of halogens is 1. The van der Waals surface area contributed by atoms with Gasteiger partial charge in [0.15, 0.2) is 11.6 Å². The van der Waals surface area contributed by atoms with Gasteiger partial charge in [0, 0.05) is 19.3 Å². The van der Waals surface area contributed by atoms with Crippen LogP contribution in [0.1, 0.15) is 5.56 Å². The number of ether oxygens (including phenoxy) is 2. The van der Waals surface area contributed by atoms with E-state index in [2.05, 4.69) is 10.1 Å². The first-order valence-corrected chi connectivity index (χ1v) is 7.58. The van der Waals surface area contributed by atoms with Gasteiger partial charge in [-0.05, 0) is 30.3 Å². The van der Waals surface area contributed by atoms with E-state index >= 15 is 0 Å². The van der Waals surface area contributed by atoms with E-state index in [0.29, 0.717) is 5.88 Å². The quantitative estimate of drug-likeness (QED) is 0.646. The lowest BCUT2D eigenvalue weighted by Gasteiger charge is -2.09. The van der Waals surface area contributed by atoms with Gasteiger partial charge in [-0.1, -0.05) is 6.07 Å². The van der Waals surface area contributed by atoms with E-state index in [4.69, 9.17) is 14.7 Å². The van der Waals surface area contributed by atoms with E-state index in [0.717, 1.165) is 17.5 Å². The van der Waals surface area contributed by atoms with Gasteiger partial charge in [-0.3, -0.25) is 4.68 Å². The summed E-state index contributed by atoms with van der Waals surface area (Å²) in [6.45, 7) is 0.363. The standard InChI is InChI=1S/C18H15FN4O2/c1-23-16(7-8-21-23)15-3-2-4-18(22-15)25-10-9-24-17-6-5-13(12-20)11-14(17)19/h2-8,11H,9-10H2,1H3. The summed E-state index contributed by atoms with van der Waals surface area (Å²) in [7, 11) is 1.84. The fraction of sp³-hybridized carbons (Fsp3) is 0.167. The van der Waals surface area contributed by atoms with Crippen LogP contribution in [0.3, 0.4) is 0 Å². The molecule has 0 aliphatic carbocycles. The van der Waals surface area contributed by atoms with Crippen molar-refractivity contribution in [3.05, 3.63) is 60.0 Å². The Balaban J connectivity index is 1.56. The van der Waals surface area contributed by atoms with Crippen molar-refractivity contribution in [2.75, 3.05) is 13.2 Å². The van der Waals surface area contributed by atoms with Crippen molar-refractivity contribution >= 4 is 0 Å². The van der Waals surface area contributed by atoms with Crippen LogP contribution in [0, 0.1) is 17.1 Å². The number of nitrogens with zero attached hydrogens (tertiary/aromatic N) is 4. The molecule has 0 spiro atoms. The van der Waals surface area contributed by atoms with Crippen LogP contribution in [-0.2, 0) is 7.05 Å². The smallest absolute Gasteiger partial charge is 0.213 e. The van der Waals surface area contributed by atoms with Crippen LogP contribution in [0.25, 0.3) is 11.4 Å². The number of hydrogen-bond acceptors (Lipinski definition) is 5. The Morgan fingerprint density at radius 2 is 2.00 bits per heavy atom. The summed E-state index contributed by atoms with van der Waals surface area (Å²) in [4.78, 5) is 4.41. The van der Waals surface area contributed by atoms with Crippen LogP contribution in [0.2, 0.25) is 0 Å². The van der Waals surface area contributed by atoms with E-state index in [1.165, 1.54) is 12.1 Å². The van der Waals surface area contributed by atoms with E-state index in [1.807, 2.05) is 31.3 Å². The molecule has 3 aromatic rings. The number of nitriles is 1. The molecule has 0 fully saturated rings. The zero-order chi connectivity index (χ0) is 17.6. The van der Waals surface area contributed by atoms with Gasteiger partial charge in [-0.15, -0.1) is 0 Å². The third-order valence-corrected chi connectivity index (χ3v) is 3.46. The van der Waals surface area contributed by atoms with Crippen molar-refractivity contribution in [2.24, 2.45) is 7.05 Å². The van der Waals surface area contributed by atoms with Crippen molar-refractivity contribution in [1.29, 1.82) is 5.26 Å². The van der Waals surface area contributed by atoms with E-state index in [1.54, 1.807) is 16.9 Å². The molecule has 0 aliphatic rings. The van der Waals surface area contributed by atoms with Crippen molar-refractivity contribution in [3.8, 4) is 29.1 Å². The molecule has 0 atom stereocenters. The molecule has 0 radical (unpaired) electrons. The number of benzene rings is 1. The predicted octanol–water partition coefficient (Wildman–Crippen LogP) is 2.95. The Hall–Kier alpha value is -3.40. The molecule has 0 saturated carbocycles. The van der Waals surface area contributed by atoms with Crippen LogP contribution < -0.4 is 9.47 Å². The highest BCUT2D eigenvalue weighted by atomic mass is 19.1. The molecule has 126 valence electrons. The Morgan fingerprint density at radius 3 is 2.72 bits per heavy atom. The van der Waals surface area contributed by atoms with Gasteiger partial charge in [-0.25, -0.2) is 9.37 Å². The Morgan fingerprint density at radius 1 is 1.16 bits per heavy atom. The van der Waals surface area contributed by atoms with Crippen molar-refractivity contribution in [1.82, 2.24) is 14.8 Å². The SMILES string of the molecule is Cn1nccc1-c1cccc(OCCOc2ccc(C#N)cc2F)n1. The summed E-state index contributed by atoms with van der Waals surface area (Å²) in [6.07, 6.45) is 1.70. The Labute approximate surface area is 144 Å². The van der Waals surface area contributed by atoms with E-state index in [-0.39, 0.29) is 24.5 Å². The average Bonchev–Trinajstić information content (AvgIpc) is 3.06. The van der Waals surface area contributed by atoms with Gasteiger partial charge < -0.3 is 9.47 Å². The summed E-state index contributed by atoms with van der Waals surface area (Å²) in [5.41, 5.74) is 1.87. The van der Waals surface area contributed by atoms with Gasteiger partial charge in [0.2, 0.25) is 5.88 Å². The van der Waals surface area contributed by atoms with Gasteiger partial charge >= 0.3 is 0 Å². The van der Waals surface area contributed by atoms with Gasteiger partial charge in [-0.2, -0.15) is 10.4 Å². The summed E-state index contributed by atoms with van der Waals surface area (Å²) in [6, 6.07) is 13.2. The molecule has 0 bridgehead atoms. The van der Waals surface area contributed by atoms with E-state index < -0.39 is 5.82 Å². The second-order valence-corrected chi connectivity index (χ2v) is 5.16.